The fraction of sp³-hybridized carbons (Fsp3) is 0.375. The third-order valence-corrected chi connectivity index (χ3v) is 3.94. The Bertz CT molecular complexity index is 696. The molecule has 0 radical (unpaired) electrons. The van der Waals surface area contributed by atoms with Crippen LogP contribution in [0, 0.1) is 0 Å². The van der Waals surface area contributed by atoms with Gasteiger partial charge in [0, 0.05) is 30.6 Å². The molecule has 0 saturated carbocycles. The van der Waals surface area contributed by atoms with Gasteiger partial charge in [-0.05, 0) is 26.0 Å². The first kappa shape index (κ1) is 15.2. The molecule has 2 N–H and O–H groups in total. The Morgan fingerprint density at radius 3 is 2.73 bits per heavy atom. The van der Waals surface area contributed by atoms with Crippen molar-refractivity contribution < 1.29 is 4.79 Å². The van der Waals surface area contributed by atoms with Gasteiger partial charge in [-0.2, -0.15) is 0 Å². The standard InChI is InChI=1S/C16H19ClN4O/c1-10-8-21(9-11(2)18-10)20-16(22)13-7-15(17)19-14-6-4-3-5-12(13)14/h3-7,10-11,18H,8-9H2,1-2H3,(H,20,22)/t10-,11+. The topological polar surface area (TPSA) is 57.3 Å². The highest BCUT2D eigenvalue weighted by Crippen LogP contribution is 2.21. The lowest BCUT2D eigenvalue weighted by molar-refractivity contribution is 0.0683. The highest BCUT2D eigenvalue weighted by molar-refractivity contribution is 6.30. The Labute approximate surface area is 134 Å². The lowest BCUT2D eigenvalue weighted by Crippen LogP contribution is -2.59. The van der Waals surface area contributed by atoms with Gasteiger partial charge >= 0.3 is 0 Å². The molecule has 0 bridgehead atoms. The van der Waals surface area contributed by atoms with E-state index in [-0.39, 0.29) is 5.91 Å². The van der Waals surface area contributed by atoms with E-state index in [1.54, 1.807) is 6.07 Å². The lowest BCUT2D eigenvalue weighted by Gasteiger charge is -2.36. The number of nitrogens with one attached hydrogen (secondary N) is 2. The number of carbonyl (C=O) groups is 1. The predicted molar refractivity (Wildman–Crippen MR) is 87.9 cm³/mol. The summed E-state index contributed by atoms with van der Waals surface area (Å²) in [7, 11) is 0. The lowest BCUT2D eigenvalue weighted by atomic mass is 10.1. The number of hydrazine groups is 1. The summed E-state index contributed by atoms with van der Waals surface area (Å²) in [6.07, 6.45) is 0. The minimum absolute atomic E-state index is 0.151. The van der Waals surface area contributed by atoms with E-state index < -0.39 is 0 Å². The minimum Gasteiger partial charge on any atom is -0.309 e. The predicted octanol–water partition coefficient (Wildman–Crippen LogP) is 2.22. The Balaban J connectivity index is 1.86. The van der Waals surface area contributed by atoms with Crippen molar-refractivity contribution in [1.82, 2.24) is 20.7 Å². The van der Waals surface area contributed by atoms with E-state index >= 15 is 0 Å². The fourth-order valence-corrected chi connectivity index (χ4v) is 3.15. The smallest absolute Gasteiger partial charge is 0.266 e. The summed E-state index contributed by atoms with van der Waals surface area (Å²) in [4.78, 5) is 16.9. The van der Waals surface area contributed by atoms with Crippen LogP contribution in [0.15, 0.2) is 30.3 Å². The number of para-hydroxylation sites is 1. The summed E-state index contributed by atoms with van der Waals surface area (Å²) < 4.78 is 0. The number of fused-ring (bicyclic) bond motifs is 1. The summed E-state index contributed by atoms with van der Waals surface area (Å²) >= 11 is 6.04. The Hall–Kier alpha value is -1.69. The molecule has 0 spiro atoms. The van der Waals surface area contributed by atoms with Crippen LogP contribution in [0.1, 0.15) is 24.2 Å². The number of hydrogen-bond donors (Lipinski definition) is 2. The molecule has 1 fully saturated rings. The molecular formula is C16H19ClN4O. The molecule has 116 valence electrons. The van der Waals surface area contributed by atoms with Gasteiger partial charge < -0.3 is 5.32 Å². The van der Waals surface area contributed by atoms with Gasteiger partial charge in [-0.3, -0.25) is 10.2 Å². The maximum atomic E-state index is 12.6. The molecule has 2 heterocycles. The molecule has 2 aromatic rings. The van der Waals surface area contributed by atoms with Crippen LogP contribution in [0.2, 0.25) is 5.15 Å². The number of carbonyl (C=O) groups excluding carboxylic acids is 1. The Kier molecular flexibility index (Phi) is 4.29. The Morgan fingerprint density at radius 1 is 1.32 bits per heavy atom. The van der Waals surface area contributed by atoms with Crippen LogP contribution in [0.4, 0.5) is 0 Å². The molecule has 1 aliphatic heterocycles. The maximum Gasteiger partial charge on any atom is 0.266 e. The van der Waals surface area contributed by atoms with Crippen molar-refractivity contribution in [1.29, 1.82) is 0 Å². The average Bonchev–Trinajstić information content (AvgIpc) is 2.45. The van der Waals surface area contributed by atoms with Crippen LogP contribution < -0.4 is 10.7 Å². The second-order valence-corrected chi connectivity index (χ2v) is 6.21. The van der Waals surface area contributed by atoms with Crippen molar-refractivity contribution in [2.45, 2.75) is 25.9 Å². The van der Waals surface area contributed by atoms with Crippen molar-refractivity contribution in [3.63, 3.8) is 0 Å². The van der Waals surface area contributed by atoms with Gasteiger partial charge in [-0.25, -0.2) is 9.99 Å². The third-order valence-electron chi connectivity index (χ3n) is 3.75. The monoisotopic (exact) mass is 318 g/mol. The largest absolute Gasteiger partial charge is 0.309 e. The number of aromatic nitrogens is 1. The normalized spacial score (nSPS) is 22.7. The molecular weight excluding hydrogens is 300 g/mol. The van der Waals surface area contributed by atoms with Gasteiger partial charge in [0.15, 0.2) is 0 Å². The number of benzene rings is 1. The van der Waals surface area contributed by atoms with Gasteiger partial charge in [0.1, 0.15) is 5.15 Å². The Morgan fingerprint density at radius 2 is 2.00 bits per heavy atom. The van der Waals surface area contributed by atoms with Crippen LogP contribution in [0.5, 0.6) is 0 Å². The number of halogens is 1. The molecule has 1 saturated heterocycles. The summed E-state index contributed by atoms with van der Waals surface area (Å²) in [5.41, 5.74) is 4.26. The van der Waals surface area contributed by atoms with Crippen LogP contribution in [0.3, 0.4) is 0 Å². The highest BCUT2D eigenvalue weighted by atomic mass is 35.5. The molecule has 1 amide bonds. The van der Waals surface area contributed by atoms with Crippen molar-refractivity contribution in [3.05, 3.63) is 41.0 Å². The number of hydrogen-bond acceptors (Lipinski definition) is 4. The second-order valence-electron chi connectivity index (χ2n) is 5.82. The van der Waals surface area contributed by atoms with E-state index in [0.29, 0.717) is 22.8 Å². The van der Waals surface area contributed by atoms with Crippen molar-refractivity contribution in [2.75, 3.05) is 13.1 Å². The van der Waals surface area contributed by atoms with Crippen molar-refractivity contribution >= 4 is 28.4 Å². The first-order valence-electron chi connectivity index (χ1n) is 7.40. The second kappa shape index (κ2) is 6.20. The maximum absolute atomic E-state index is 12.6. The first-order valence-corrected chi connectivity index (χ1v) is 7.78. The van der Waals surface area contributed by atoms with E-state index in [4.69, 9.17) is 11.6 Å². The summed E-state index contributed by atoms with van der Waals surface area (Å²) in [6, 6.07) is 9.80. The van der Waals surface area contributed by atoms with Crippen LogP contribution in [-0.2, 0) is 0 Å². The van der Waals surface area contributed by atoms with E-state index in [0.717, 1.165) is 24.0 Å². The SMILES string of the molecule is C[C@@H]1CN(NC(=O)c2cc(Cl)nc3ccccc23)C[C@H](C)N1. The van der Waals surface area contributed by atoms with Crippen LogP contribution in [-0.4, -0.2) is 41.1 Å². The number of nitrogens with zero attached hydrogens (tertiary/aromatic N) is 2. The zero-order chi connectivity index (χ0) is 15.7. The summed E-state index contributed by atoms with van der Waals surface area (Å²) in [5.74, 6) is -0.151. The third kappa shape index (κ3) is 3.21. The molecule has 22 heavy (non-hydrogen) atoms. The van der Waals surface area contributed by atoms with Crippen LogP contribution in [0.25, 0.3) is 10.9 Å². The summed E-state index contributed by atoms with van der Waals surface area (Å²) in [6.45, 7) is 5.75. The van der Waals surface area contributed by atoms with Gasteiger partial charge in [0.05, 0.1) is 11.1 Å². The number of pyridine rings is 1. The molecule has 6 heteroatoms. The highest BCUT2D eigenvalue weighted by Gasteiger charge is 2.23. The van der Waals surface area contributed by atoms with E-state index in [2.05, 4.69) is 29.6 Å². The zero-order valence-corrected chi connectivity index (χ0v) is 13.4. The molecule has 5 nitrogen and oxygen atoms in total. The molecule has 0 unspecified atom stereocenters. The summed E-state index contributed by atoms with van der Waals surface area (Å²) in [5, 5.41) is 6.52. The number of rotatable bonds is 2. The average molecular weight is 319 g/mol. The molecule has 1 aliphatic rings. The van der Waals surface area contributed by atoms with E-state index in [1.807, 2.05) is 29.3 Å². The van der Waals surface area contributed by atoms with Gasteiger partial charge in [-0.15, -0.1) is 0 Å². The van der Waals surface area contributed by atoms with E-state index in [9.17, 15) is 4.79 Å². The molecule has 1 aromatic heterocycles. The number of piperazine rings is 1. The zero-order valence-electron chi connectivity index (χ0n) is 12.6. The molecule has 1 aromatic carbocycles. The van der Waals surface area contributed by atoms with Gasteiger partial charge in [-0.1, -0.05) is 29.8 Å². The minimum atomic E-state index is -0.151. The first-order chi connectivity index (χ1) is 10.5. The van der Waals surface area contributed by atoms with Gasteiger partial charge in [0.2, 0.25) is 0 Å². The van der Waals surface area contributed by atoms with Crippen LogP contribution >= 0.6 is 11.6 Å². The quantitative estimate of drug-likeness (QED) is 0.834. The molecule has 3 rings (SSSR count). The number of amides is 1. The molecule has 0 aliphatic carbocycles. The van der Waals surface area contributed by atoms with Gasteiger partial charge in [0.25, 0.3) is 5.91 Å². The van der Waals surface area contributed by atoms with E-state index in [1.165, 1.54) is 0 Å². The fourth-order valence-electron chi connectivity index (χ4n) is 2.95. The van der Waals surface area contributed by atoms with Crippen molar-refractivity contribution in [3.8, 4) is 0 Å². The van der Waals surface area contributed by atoms with Crippen molar-refractivity contribution in [2.24, 2.45) is 0 Å². The molecule has 2 atom stereocenters.